The van der Waals surface area contributed by atoms with Gasteiger partial charge in [0.2, 0.25) is 0 Å². The molecule has 1 atom stereocenters. The van der Waals surface area contributed by atoms with E-state index in [2.05, 4.69) is 35.7 Å². The van der Waals surface area contributed by atoms with Crippen LogP contribution in [0.5, 0.6) is 0 Å². The molecule has 0 bridgehead atoms. The van der Waals surface area contributed by atoms with Crippen LogP contribution in [0.15, 0.2) is 41.4 Å². The number of halogens is 2. The van der Waals surface area contributed by atoms with Gasteiger partial charge in [0.15, 0.2) is 5.82 Å². The summed E-state index contributed by atoms with van der Waals surface area (Å²) in [6, 6.07) is 5.87. The van der Waals surface area contributed by atoms with Gasteiger partial charge in [0.1, 0.15) is 17.5 Å². The highest BCUT2D eigenvalue weighted by Gasteiger charge is 2.11. The number of benzene rings is 1. The Balaban J connectivity index is 2.06. The number of hydrogen-bond acceptors (Lipinski definition) is 3. The Hall–Kier alpha value is -2.56. The van der Waals surface area contributed by atoms with E-state index in [9.17, 15) is 8.78 Å². The van der Waals surface area contributed by atoms with Crippen molar-refractivity contribution >= 4 is 17.9 Å². The summed E-state index contributed by atoms with van der Waals surface area (Å²) in [5.41, 5.74) is 3.13. The van der Waals surface area contributed by atoms with Crippen molar-refractivity contribution < 1.29 is 8.78 Å². The molecule has 0 aliphatic heterocycles. The molecule has 0 saturated carbocycles. The van der Waals surface area contributed by atoms with Gasteiger partial charge in [-0.2, -0.15) is 0 Å². The minimum atomic E-state index is -0.566. The van der Waals surface area contributed by atoms with Gasteiger partial charge in [-0.05, 0) is 81.7 Å². The number of nitrogens with one attached hydrogen (secondary N) is 1. The van der Waals surface area contributed by atoms with Crippen LogP contribution in [0, 0.1) is 31.4 Å². The number of nitrogens with zero attached hydrogens (tertiary/aromatic N) is 2. The first-order chi connectivity index (χ1) is 14.8. The molecule has 0 fully saturated rings. The molecule has 0 saturated heterocycles. The molecule has 2 rings (SSSR count). The highest BCUT2D eigenvalue weighted by molar-refractivity contribution is 5.65. The standard InChI is InChI=1S/C26H35F2N3/c1-6-9-21(11-7-10-18(2)3)14-15-29-25-19(4)16-20(5)26(31-25)30-17-22-23(27)12-8-13-24(22)28/h8,12-13,15-16,21H,2,6-7,9-11,14,17H2,1,3-5H3,(H,30,31). The van der Waals surface area contributed by atoms with Crippen LogP contribution in [-0.2, 0) is 6.54 Å². The molecule has 1 aromatic heterocycles. The summed E-state index contributed by atoms with van der Waals surface area (Å²) in [5.74, 6) is 0.708. The summed E-state index contributed by atoms with van der Waals surface area (Å²) in [7, 11) is 0. The Morgan fingerprint density at radius 2 is 1.90 bits per heavy atom. The van der Waals surface area contributed by atoms with Gasteiger partial charge in [-0.1, -0.05) is 31.4 Å². The molecule has 1 N–H and O–H groups in total. The zero-order chi connectivity index (χ0) is 22.8. The van der Waals surface area contributed by atoms with Crippen molar-refractivity contribution in [2.75, 3.05) is 5.32 Å². The minimum absolute atomic E-state index is 0.00601. The minimum Gasteiger partial charge on any atom is -0.365 e. The van der Waals surface area contributed by atoms with E-state index in [1.165, 1.54) is 36.6 Å². The fourth-order valence-corrected chi connectivity index (χ4v) is 3.69. The van der Waals surface area contributed by atoms with Crippen molar-refractivity contribution in [3.05, 3.63) is 64.7 Å². The molecule has 31 heavy (non-hydrogen) atoms. The van der Waals surface area contributed by atoms with Crippen LogP contribution < -0.4 is 5.32 Å². The third-order valence-electron chi connectivity index (χ3n) is 5.44. The highest BCUT2D eigenvalue weighted by Crippen LogP contribution is 2.25. The molecular formula is C26H35F2N3. The Kier molecular flexibility index (Phi) is 9.83. The topological polar surface area (TPSA) is 37.3 Å². The van der Waals surface area contributed by atoms with E-state index in [0.717, 1.165) is 36.8 Å². The van der Waals surface area contributed by atoms with Gasteiger partial charge in [-0.3, -0.25) is 0 Å². The first kappa shape index (κ1) is 24.7. The van der Waals surface area contributed by atoms with Crippen LogP contribution in [0.4, 0.5) is 20.4 Å². The lowest BCUT2D eigenvalue weighted by molar-refractivity contribution is 0.448. The van der Waals surface area contributed by atoms with E-state index in [1.54, 1.807) is 0 Å². The first-order valence-corrected chi connectivity index (χ1v) is 11.1. The number of anilines is 1. The lowest BCUT2D eigenvalue weighted by atomic mass is 9.93. The van der Waals surface area contributed by atoms with Gasteiger partial charge in [0.25, 0.3) is 0 Å². The summed E-state index contributed by atoms with van der Waals surface area (Å²) in [4.78, 5) is 9.23. The van der Waals surface area contributed by atoms with Gasteiger partial charge in [0, 0.05) is 18.3 Å². The third-order valence-corrected chi connectivity index (χ3v) is 5.44. The average Bonchev–Trinajstić information content (AvgIpc) is 2.70. The Bertz CT molecular complexity index is 886. The molecule has 0 amide bonds. The summed E-state index contributed by atoms with van der Waals surface area (Å²) in [6.07, 6.45) is 8.64. The van der Waals surface area contributed by atoms with E-state index < -0.39 is 11.6 Å². The van der Waals surface area contributed by atoms with Gasteiger partial charge in [-0.25, -0.2) is 18.8 Å². The maximum absolute atomic E-state index is 13.9. The van der Waals surface area contributed by atoms with Crippen molar-refractivity contribution in [3.8, 4) is 0 Å². The van der Waals surface area contributed by atoms with Crippen molar-refractivity contribution in [2.24, 2.45) is 10.9 Å². The summed E-state index contributed by atoms with van der Waals surface area (Å²) in [6.45, 7) is 12.2. The molecule has 2 aromatic rings. The molecule has 0 radical (unpaired) electrons. The normalized spacial score (nSPS) is 12.3. The average molecular weight is 428 g/mol. The lowest BCUT2D eigenvalue weighted by Crippen LogP contribution is -2.07. The second-order valence-corrected chi connectivity index (χ2v) is 8.40. The van der Waals surface area contributed by atoms with Crippen LogP contribution in [0.25, 0.3) is 0 Å². The number of pyridine rings is 1. The molecular weight excluding hydrogens is 392 g/mol. The number of aliphatic imine (C=N–C) groups is 1. The first-order valence-electron chi connectivity index (χ1n) is 11.1. The largest absolute Gasteiger partial charge is 0.365 e. The molecule has 1 aromatic carbocycles. The van der Waals surface area contributed by atoms with Crippen molar-refractivity contribution in [3.63, 3.8) is 0 Å². The van der Waals surface area contributed by atoms with Gasteiger partial charge in [-0.15, -0.1) is 6.58 Å². The van der Waals surface area contributed by atoms with Crippen LogP contribution in [-0.4, -0.2) is 11.2 Å². The van der Waals surface area contributed by atoms with Crippen LogP contribution in [0.2, 0.25) is 0 Å². The molecule has 3 nitrogen and oxygen atoms in total. The fraction of sp³-hybridized carbons (Fsp3) is 0.462. The number of aromatic nitrogens is 1. The monoisotopic (exact) mass is 427 g/mol. The molecule has 5 heteroatoms. The summed E-state index contributed by atoms with van der Waals surface area (Å²) >= 11 is 0. The Morgan fingerprint density at radius 1 is 1.19 bits per heavy atom. The zero-order valence-corrected chi connectivity index (χ0v) is 19.3. The van der Waals surface area contributed by atoms with E-state index in [0.29, 0.717) is 17.6 Å². The van der Waals surface area contributed by atoms with E-state index in [4.69, 9.17) is 0 Å². The molecule has 1 unspecified atom stereocenters. The van der Waals surface area contributed by atoms with Gasteiger partial charge >= 0.3 is 0 Å². The SMILES string of the molecule is C=C(C)CCCC(CC=Nc1nc(NCc2c(F)cccc2F)c(C)cc1C)CCC. The number of hydrogen-bond donors (Lipinski definition) is 1. The van der Waals surface area contributed by atoms with Crippen molar-refractivity contribution in [2.45, 2.75) is 72.8 Å². The predicted molar refractivity (Wildman–Crippen MR) is 127 cm³/mol. The maximum atomic E-state index is 13.9. The predicted octanol–water partition coefficient (Wildman–Crippen LogP) is 7.84. The smallest absolute Gasteiger partial charge is 0.156 e. The van der Waals surface area contributed by atoms with Crippen LogP contribution in [0.1, 0.15) is 69.1 Å². The Morgan fingerprint density at radius 3 is 2.55 bits per heavy atom. The second kappa shape index (κ2) is 12.3. The number of aryl methyl sites for hydroxylation is 2. The number of rotatable bonds is 12. The van der Waals surface area contributed by atoms with Crippen LogP contribution in [0.3, 0.4) is 0 Å². The molecule has 0 aliphatic rings. The summed E-state index contributed by atoms with van der Waals surface area (Å²) in [5, 5.41) is 3.06. The zero-order valence-electron chi connectivity index (χ0n) is 19.3. The van der Waals surface area contributed by atoms with E-state index >= 15 is 0 Å². The number of allylic oxidation sites excluding steroid dienone is 1. The fourth-order valence-electron chi connectivity index (χ4n) is 3.69. The maximum Gasteiger partial charge on any atom is 0.156 e. The lowest BCUT2D eigenvalue weighted by Gasteiger charge is -2.14. The molecule has 1 heterocycles. The summed E-state index contributed by atoms with van der Waals surface area (Å²) < 4.78 is 27.8. The molecule has 168 valence electrons. The second-order valence-electron chi connectivity index (χ2n) is 8.40. The molecule has 0 spiro atoms. The van der Waals surface area contributed by atoms with Crippen LogP contribution >= 0.6 is 0 Å². The van der Waals surface area contributed by atoms with Gasteiger partial charge in [0.05, 0.1) is 0 Å². The van der Waals surface area contributed by atoms with Crippen molar-refractivity contribution in [1.29, 1.82) is 0 Å². The highest BCUT2D eigenvalue weighted by atomic mass is 19.1. The Labute approximate surface area is 185 Å². The van der Waals surface area contributed by atoms with Gasteiger partial charge < -0.3 is 5.32 Å². The quantitative estimate of drug-likeness (QED) is 0.277. The van der Waals surface area contributed by atoms with E-state index in [1.807, 2.05) is 26.1 Å². The molecule has 0 aliphatic carbocycles. The van der Waals surface area contributed by atoms with E-state index in [-0.39, 0.29) is 12.1 Å². The van der Waals surface area contributed by atoms with Crippen molar-refractivity contribution in [1.82, 2.24) is 4.98 Å². The third kappa shape index (κ3) is 7.89.